The molecule has 2 aromatic carbocycles. The molecule has 0 unspecified atom stereocenters. The molecular formula is C14H10BrN3O2. The van der Waals surface area contributed by atoms with E-state index in [4.69, 9.17) is 5.26 Å². The Labute approximate surface area is 124 Å². The highest BCUT2D eigenvalue weighted by Crippen LogP contribution is 2.35. The van der Waals surface area contributed by atoms with Gasteiger partial charge in [-0.3, -0.25) is 10.1 Å². The van der Waals surface area contributed by atoms with E-state index in [1.165, 1.54) is 6.07 Å². The summed E-state index contributed by atoms with van der Waals surface area (Å²) in [4.78, 5) is 12.4. The van der Waals surface area contributed by atoms with Gasteiger partial charge in [0.1, 0.15) is 11.8 Å². The van der Waals surface area contributed by atoms with Crippen LogP contribution in [-0.4, -0.2) is 12.0 Å². The SMILES string of the molecule is CN(c1ccccc1C#N)c1ccc(Br)cc1[N+](=O)[O-]. The Hall–Kier alpha value is -2.39. The molecule has 0 saturated carbocycles. The van der Waals surface area contributed by atoms with Gasteiger partial charge in [-0.2, -0.15) is 5.26 Å². The maximum absolute atomic E-state index is 11.2. The summed E-state index contributed by atoms with van der Waals surface area (Å²) >= 11 is 3.22. The van der Waals surface area contributed by atoms with Crippen LogP contribution in [0.4, 0.5) is 17.1 Å². The van der Waals surface area contributed by atoms with Gasteiger partial charge in [-0.25, -0.2) is 0 Å². The molecule has 0 radical (unpaired) electrons. The normalized spacial score (nSPS) is 9.85. The summed E-state index contributed by atoms with van der Waals surface area (Å²) in [6.45, 7) is 0. The van der Waals surface area contributed by atoms with Crippen LogP contribution < -0.4 is 4.90 Å². The quantitative estimate of drug-likeness (QED) is 0.629. The first-order valence-corrected chi connectivity index (χ1v) is 6.50. The van der Waals surface area contributed by atoms with Crippen LogP contribution in [-0.2, 0) is 0 Å². The molecule has 0 saturated heterocycles. The zero-order chi connectivity index (χ0) is 14.7. The third-order valence-corrected chi connectivity index (χ3v) is 3.37. The van der Waals surface area contributed by atoms with Crippen LogP contribution >= 0.6 is 15.9 Å². The lowest BCUT2D eigenvalue weighted by molar-refractivity contribution is -0.384. The molecule has 0 aliphatic heterocycles. The molecular weight excluding hydrogens is 322 g/mol. The van der Waals surface area contributed by atoms with Gasteiger partial charge in [-0.05, 0) is 24.3 Å². The number of nitro benzene ring substituents is 1. The maximum Gasteiger partial charge on any atom is 0.293 e. The molecule has 20 heavy (non-hydrogen) atoms. The van der Waals surface area contributed by atoms with Crippen LogP contribution in [0.25, 0.3) is 0 Å². The van der Waals surface area contributed by atoms with Gasteiger partial charge < -0.3 is 4.90 Å². The van der Waals surface area contributed by atoms with Gasteiger partial charge >= 0.3 is 0 Å². The Morgan fingerprint density at radius 1 is 1.25 bits per heavy atom. The van der Waals surface area contributed by atoms with E-state index < -0.39 is 4.92 Å². The summed E-state index contributed by atoms with van der Waals surface area (Å²) in [6, 6.07) is 13.9. The lowest BCUT2D eigenvalue weighted by Crippen LogP contribution is -2.12. The highest BCUT2D eigenvalue weighted by atomic mass is 79.9. The number of para-hydroxylation sites is 1. The van der Waals surface area contributed by atoms with E-state index in [0.29, 0.717) is 21.4 Å². The molecule has 0 heterocycles. The van der Waals surface area contributed by atoms with E-state index in [1.807, 2.05) is 0 Å². The van der Waals surface area contributed by atoms with Gasteiger partial charge in [0, 0.05) is 17.6 Å². The summed E-state index contributed by atoms with van der Waals surface area (Å²) in [5, 5.41) is 20.3. The highest BCUT2D eigenvalue weighted by molar-refractivity contribution is 9.10. The van der Waals surface area contributed by atoms with E-state index in [2.05, 4.69) is 22.0 Å². The maximum atomic E-state index is 11.2. The number of hydrogen-bond donors (Lipinski definition) is 0. The molecule has 2 aromatic rings. The van der Waals surface area contributed by atoms with Crippen LogP contribution in [0.5, 0.6) is 0 Å². The minimum absolute atomic E-state index is 0.0189. The molecule has 100 valence electrons. The van der Waals surface area contributed by atoms with E-state index in [-0.39, 0.29) is 5.69 Å². The molecule has 0 fully saturated rings. The summed E-state index contributed by atoms with van der Waals surface area (Å²) in [7, 11) is 1.70. The number of rotatable bonds is 3. The number of halogens is 1. The topological polar surface area (TPSA) is 70.2 Å². The van der Waals surface area contributed by atoms with Gasteiger partial charge in [0.25, 0.3) is 5.69 Å². The third-order valence-electron chi connectivity index (χ3n) is 2.88. The molecule has 6 heteroatoms. The van der Waals surface area contributed by atoms with Gasteiger partial charge in [0.05, 0.1) is 16.2 Å². The van der Waals surface area contributed by atoms with E-state index in [1.54, 1.807) is 48.3 Å². The molecule has 0 spiro atoms. The van der Waals surface area contributed by atoms with E-state index in [9.17, 15) is 10.1 Å². The number of hydrogen-bond acceptors (Lipinski definition) is 4. The number of anilines is 2. The minimum atomic E-state index is -0.439. The second kappa shape index (κ2) is 5.72. The molecule has 0 N–H and O–H groups in total. The lowest BCUT2D eigenvalue weighted by Gasteiger charge is -2.20. The highest BCUT2D eigenvalue weighted by Gasteiger charge is 2.19. The zero-order valence-corrected chi connectivity index (χ0v) is 12.2. The second-order valence-corrected chi connectivity index (χ2v) is 4.99. The molecule has 2 rings (SSSR count). The fourth-order valence-electron chi connectivity index (χ4n) is 1.92. The summed E-state index contributed by atoms with van der Waals surface area (Å²) < 4.78 is 0.634. The van der Waals surface area contributed by atoms with Crippen molar-refractivity contribution in [1.29, 1.82) is 5.26 Å². The minimum Gasteiger partial charge on any atom is -0.338 e. The second-order valence-electron chi connectivity index (χ2n) is 4.08. The number of nitrogens with zero attached hydrogens (tertiary/aromatic N) is 3. The predicted octanol–water partition coefficient (Wildman–Crippen LogP) is 4.00. The molecule has 5 nitrogen and oxygen atoms in total. The fourth-order valence-corrected chi connectivity index (χ4v) is 2.27. The fraction of sp³-hybridized carbons (Fsp3) is 0.0714. The number of nitro groups is 1. The van der Waals surface area contributed by atoms with Crippen LogP contribution in [0.15, 0.2) is 46.9 Å². The van der Waals surface area contributed by atoms with Crippen LogP contribution in [0.2, 0.25) is 0 Å². The van der Waals surface area contributed by atoms with Crippen molar-refractivity contribution >= 4 is 33.0 Å². The molecule has 0 aliphatic rings. The number of nitriles is 1. The molecule has 0 atom stereocenters. The van der Waals surface area contributed by atoms with Gasteiger partial charge in [-0.1, -0.05) is 28.1 Å². The monoisotopic (exact) mass is 331 g/mol. The van der Waals surface area contributed by atoms with Gasteiger partial charge in [-0.15, -0.1) is 0 Å². The van der Waals surface area contributed by atoms with Gasteiger partial charge in [0.2, 0.25) is 0 Å². The first-order valence-electron chi connectivity index (χ1n) is 5.71. The lowest BCUT2D eigenvalue weighted by atomic mass is 10.1. The zero-order valence-electron chi connectivity index (χ0n) is 10.6. The Morgan fingerprint density at radius 3 is 2.60 bits per heavy atom. The van der Waals surface area contributed by atoms with Crippen molar-refractivity contribution in [1.82, 2.24) is 0 Å². The number of benzene rings is 2. The van der Waals surface area contributed by atoms with Crippen molar-refractivity contribution in [2.75, 3.05) is 11.9 Å². The van der Waals surface area contributed by atoms with Crippen molar-refractivity contribution in [3.05, 3.63) is 62.6 Å². The molecule has 0 aromatic heterocycles. The largest absolute Gasteiger partial charge is 0.338 e. The Kier molecular flexibility index (Phi) is 4.01. The predicted molar refractivity (Wildman–Crippen MR) is 80.0 cm³/mol. The summed E-state index contributed by atoms with van der Waals surface area (Å²) in [6.07, 6.45) is 0. The Bertz CT molecular complexity index is 710. The average Bonchev–Trinajstić information content (AvgIpc) is 2.46. The van der Waals surface area contributed by atoms with Crippen molar-refractivity contribution in [2.45, 2.75) is 0 Å². The average molecular weight is 332 g/mol. The molecule has 0 aliphatic carbocycles. The van der Waals surface area contributed by atoms with Crippen LogP contribution in [0, 0.1) is 21.4 Å². The van der Waals surface area contributed by atoms with Crippen LogP contribution in [0.1, 0.15) is 5.56 Å². The van der Waals surface area contributed by atoms with Crippen molar-refractivity contribution in [2.24, 2.45) is 0 Å². The Balaban J connectivity index is 2.57. The third kappa shape index (κ3) is 2.63. The smallest absolute Gasteiger partial charge is 0.293 e. The van der Waals surface area contributed by atoms with Crippen molar-refractivity contribution in [3.63, 3.8) is 0 Å². The van der Waals surface area contributed by atoms with Crippen LogP contribution in [0.3, 0.4) is 0 Å². The summed E-state index contributed by atoms with van der Waals surface area (Å²) in [5.41, 5.74) is 1.50. The standard InChI is InChI=1S/C14H10BrN3O2/c1-17(12-5-3-2-4-10(12)9-16)13-7-6-11(15)8-14(13)18(19)20/h2-8H,1H3. The van der Waals surface area contributed by atoms with Gasteiger partial charge in [0.15, 0.2) is 0 Å². The van der Waals surface area contributed by atoms with Crippen molar-refractivity contribution < 1.29 is 4.92 Å². The van der Waals surface area contributed by atoms with E-state index >= 15 is 0 Å². The first-order chi connectivity index (χ1) is 9.54. The van der Waals surface area contributed by atoms with Crippen molar-refractivity contribution in [3.8, 4) is 6.07 Å². The van der Waals surface area contributed by atoms with E-state index in [0.717, 1.165) is 0 Å². The Morgan fingerprint density at radius 2 is 1.95 bits per heavy atom. The first kappa shape index (κ1) is 14.0. The summed E-state index contributed by atoms with van der Waals surface area (Å²) in [5.74, 6) is 0. The molecule has 0 bridgehead atoms. The molecule has 0 amide bonds.